The fourth-order valence-electron chi connectivity index (χ4n) is 2.57. The van der Waals surface area contributed by atoms with Crippen molar-refractivity contribution in [2.24, 2.45) is 0 Å². The van der Waals surface area contributed by atoms with Crippen molar-refractivity contribution >= 4 is 17.4 Å². The maximum atomic E-state index is 10.0. The van der Waals surface area contributed by atoms with E-state index in [1.165, 1.54) is 6.42 Å². The van der Waals surface area contributed by atoms with E-state index in [0.717, 1.165) is 25.0 Å². The van der Waals surface area contributed by atoms with Gasteiger partial charge in [0.1, 0.15) is 5.82 Å². The van der Waals surface area contributed by atoms with Gasteiger partial charge < -0.3 is 10.8 Å². The van der Waals surface area contributed by atoms with E-state index in [0.29, 0.717) is 17.4 Å². The maximum Gasteiger partial charge on any atom is 0.123 e. The lowest BCUT2D eigenvalue weighted by Gasteiger charge is -2.35. The van der Waals surface area contributed by atoms with Crippen LogP contribution in [0.4, 0.5) is 5.82 Å². The van der Waals surface area contributed by atoms with Gasteiger partial charge in [0.15, 0.2) is 0 Å². The molecule has 2 unspecified atom stereocenters. The van der Waals surface area contributed by atoms with Gasteiger partial charge in [-0.3, -0.25) is 4.90 Å². The van der Waals surface area contributed by atoms with Crippen LogP contribution in [-0.2, 0) is 6.54 Å². The second kappa shape index (κ2) is 5.87. The van der Waals surface area contributed by atoms with E-state index >= 15 is 0 Å². The molecule has 1 heterocycles. The molecule has 0 radical (unpaired) electrons. The van der Waals surface area contributed by atoms with Crippen LogP contribution in [0.5, 0.6) is 0 Å². The first-order valence-corrected chi connectivity index (χ1v) is 6.75. The Labute approximate surface area is 113 Å². The number of nitrogens with zero attached hydrogens (tertiary/aromatic N) is 2. The standard InChI is InChI=1S/C13H20ClN3O/c1-17(11-4-2-3-5-12(11)18)8-10-9(14)6-7-13(15)16-10/h6-7,11-12,18H,2-5,8H2,1H3,(H2,15,16). The number of halogens is 1. The lowest BCUT2D eigenvalue weighted by molar-refractivity contribution is 0.0284. The quantitative estimate of drug-likeness (QED) is 0.882. The summed E-state index contributed by atoms with van der Waals surface area (Å²) in [5.74, 6) is 0.479. The zero-order valence-corrected chi connectivity index (χ0v) is 11.4. The minimum atomic E-state index is -0.247. The van der Waals surface area contributed by atoms with Gasteiger partial charge in [0.05, 0.1) is 16.8 Å². The van der Waals surface area contributed by atoms with Gasteiger partial charge in [0.25, 0.3) is 0 Å². The SMILES string of the molecule is CN(Cc1nc(N)ccc1Cl)C1CCCCC1O. The summed E-state index contributed by atoms with van der Waals surface area (Å²) in [6.07, 6.45) is 3.95. The van der Waals surface area contributed by atoms with Crippen LogP contribution in [0.1, 0.15) is 31.4 Å². The molecular formula is C13H20ClN3O. The highest BCUT2D eigenvalue weighted by Crippen LogP contribution is 2.25. The van der Waals surface area contributed by atoms with Crippen molar-refractivity contribution in [1.29, 1.82) is 0 Å². The second-order valence-electron chi connectivity index (χ2n) is 5.00. The third kappa shape index (κ3) is 3.13. The topological polar surface area (TPSA) is 62.4 Å². The van der Waals surface area contributed by atoms with Crippen molar-refractivity contribution in [3.8, 4) is 0 Å². The largest absolute Gasteiger partial charge is 0.391 e. The molecule has 0 aromatic carbocycles. The van der Waals surface area contributed by atoms with Gasteiger partial charge in [-0.2, -0.15) is 0 Å². The predicted octanol–water partition coefficient (Wildman–Crippen LogP) is 2.05. The van der Waals surface area contributed by atoms with Crippen LogP contribution < -0.4 is 5.73 Å². The summed E-state index contributed by atoms with van der Waals surface area (Å²) in [7, 11) is 2.00. The zero-order valence-electron chi connectivity index (χ0n) is 10.6. The number of aliphatic hydroxyl groups excluding tert-OH is 1. The average molecular weight is 270 g/mol. The van der Waals surface area contributed by atoms with Gasteiger partial charge in [0.2, 0.25) is 0 Å². The number of likely N-dealkylation sites (N-methyl/N-ethyl adjacent to an activating group) is 1. The van der Waals surface area contributed by atoms with Crippen molar-refractivity contribution in [1.82, 2.24) is 9.88 Å². The van der Waals surface area contributed by atoms with E-state index in [1.807, 2.05) is 7.05 Å². The molecule has 0 spiro atoms. The van der Waals surface area contributed by atoms with Gasteiger partial charge in [-0.25, -0.2) is 4.98 Å². The van der Waals surface area contributed by atoms with Crippen molar-refractivity contribution in [3.05, 3.63) is 22.8 Å². The molecule has 4 nitrogen and oxygen atoms in total. The number of hydrogen-bond donors (Lipinski definition) is 2. The Morgan fingerprint density at radius 3 is 2.89 bits per heavy atom. The zero-order chi connectivity index (χ0) is 13.1. The fourth-order valence-corrected chi connectivity index (χ4v) is 2.74. The van der Waals surface area contributed by atoms with Gasteiger partial charge in [-0.05, 0) is 32.0 Å². The number of anilines is 1. The normalized spacial score (nSPS) is 24.4. The minimum absolute atomic E-state index is 0.193. The van der Waals surface area contributed by atoms with Crippen LogP contribution in [0, 0.1) is 0 Å². The Bertz CT molecular complexity index is 413. The fraction of sp³-hybridized carbons (Fsp3) is 0.615. The molecule has 1 saturated carbocycles. The molecule has 1 aromatic rings. The van der Waals surface area contributed by atoms with Crippen molar-refractivity contribution < 1.29 is 5.11 Å². The predicted molar refractivity (Wildman–Crippen MR) is 73.4 cm³/mol. The van der Waals surface area contributed by atoms with Crippen LogP contribution in [0.3, 0.4) is 0 Å². The molecule has 100 valence electrons. The van der Waals surface area contributed by atoms with Gasteiger partial charge in [-0.15, -0.1) is 0 Å². The number of rotatable bonds is 3. The first kappa shape index (κ1) is 13.6. The van der Waals surface area contributed by atoms with Crippen molar-refractivity contribution in [3.63, 3.8) is 0 Å². The molecule has 0 saturated heterocycles. The Kier molecular flexibility index (Phi) is 4.43. The lowest BCUT2D eigenvalue weighted by Crippen LogP contribution is -2.43. The average Bonchev–Trinajstić information content (AvgIpc) is 2.34. The number of nitrogens with two attached hydrogens (primary N) is 1. The first-order chi connectivity index (χ1) is 8.58. The Morgan fingerprint density at radius 2 is 2.17 bits per heavy atom. The second-order valence-corrected chi connectivity index (χ2v) is 5.41. The number of hydrogen-bond acceptors (Lipinski definition) is 4. The molecule has 1 aliphatic rings. The molecule has 1 aliphatic carbocycles. The third-order valence-electron chi connectivity index (χ3n) is 3.60. The van der Waals surface area contributed by atoms with E-state index in [2.05, 4.69) is 9.88 Å². The van der Waals surface area contributed by atoms with E-state index in [1.54, 1.807) is 12.1 Å². The van der Waals surface area contributed by atoms with Gasteiger partial charge in [-0.1, -0.05) is 24.4 Å². The number of pyridine rings is 1. The van der Waals surface area contributed by atoms with Crippen LogP contribution in [0.15, 0.2) is 12.1 Å². The smallest absolute Gasteiger partial charge is 0.123 e. The van der Waals surface area contributed by atoms with E-state index < -0.39 is 0 Å². The summed E-state index contributed by atoms with van der Waals surface area (Å²) in [5, 5.41) is 10.6. The molecule has 1 fully saturated rings. The molecule has 3 N–H and O–H groups in total. The first-order valence-electron chi connectivity index (χ1n) is 6.37. The Morgan fingerprint density at radius 1 is 1.44 bits per heavy atom. The molecule has 2 atom stereocenters. The minimum Gasteiger partial charge on any atom is -0.391 e. The van der Waals surface area contributed by atoms with E-state index in [-0.39, 0.29) is 12.1 Å². The molecule has 1 aromatic heterocycles. The molecule has 5 heteroatoms. The number of aromatic nitrogens is 1. The van der Waals surface area contributed by atoms with Crippen LogP contribution in [0.2, 0.25) is 5.02 Å². The van der Waals surface area contributed by atoms with Crippen LogP contribution in [-0.4, -0.2) is 34.2 Å². The van der Waals surface area contributed by atoms with Crippen molar-refractivity contribution in [2.45, 2.75) is 44.4 Å². The summed E-state index contributed by atoms with van der Waals surface area (Å²) in [4.78, 5) is 6.38. The number of aliphatic hydroxyl groups is 1. The number of nitrogen functional groups attached to an aromatic ring is 1. The van der Waals surface area contributed by atoms with Crippen LogP contribution >= 0.6 is 11.6 Å². The summed E-state index contributed by atoms with van der Waals surface area (Å²) in [5.41, 5.74) is 6.45. The highest BCUT2D eigenvalue weighted by atomic mass is 35.5. The Balaban J connectivity index is 2.05. The molecule has 0 amide bonds. The Hall–Kier alpha value is -0.840. The van der Waals surface area contributed by atoms with Crippen molar-refractivity contribution in [2.75, 3.05) is 12.8 Å². The summed E-state index contributed by atoms with van der Waals surface area (Å²) in [6, 6.07) is 3.66. The maximum absolute atomic E-state index is 10.0. The lowest BCUT2D eigenvalue weighted by atomic mass is 9.91. The monoisotopic (exact) mass is 269 g/mol. The molecular weight excluding hydrogens is 250 g/mol. The van der Waals surface area contributed by atoms with Crippen LogP contribution in [0.25, 0.3) is 0 Å². The van der Waals surface area contributed by atoms with E-state index in [4.69, 9.17) is 17.3 Å². The van der Waals surface area contributed by atoms with Gasteiger partial charge >= 0.3 is 0 Å². The summed E-state index contributed by atoms with van der Waals surface area (Å²) < 4.78 is 0. The van der Waals surface area contributed by atoms with E-state index in [9.17, 15) is 5.11 Å². The molecule has 0 aliphatic heterocycles. The summed E-state index contributed by atoms with van der Waals surface area (Å²) in [6.45, 7) is 0.617. The molecule has 18 heavy (non-hydrogen) atoms. The third-order valence-corrected chi connectivity index (χ3v) is 3.94. The summed E-state index contributed by atoms with van der Waals surface area (Å²) >= 11 is 6.11. The highest BCUT2D eigenvalue weighted by molar-refractivity contribution is 6.31. The molecule has 0 bridgehead atoms. The highest BCUT2D eigenvalue weighted by Gasteiger charge is 2.27. The molecule has 2 rings (SSSR count). The van der Waals surface area contributed by atoms with Gasteiger partial charge in [0, 0.05) is 12.6 Å².